The molecule has 31 heavy (non-hydrogen) atoms. The van der Waals surface area contributed by atoms with Gasteiger partial charge in [0.15, 0.2) is 0 Å². The van der Waals surface area contributed by atoms with Gasteiger partial charge in [-0.1, -0.05) is 30.0 Å². The zero-order chi connectivity index (χ0) is 22.0. The highest BCUT2D eigenvalue weighted by atomic mass is 32.2. The normalized spacial score (nSPS) is 20.4. The molecule has 0 saturated carbocycles. The minimum atomic E-state index is -0.245. The van der Waals surface area contributed by atoms with Crippen LogP contribution in [0.1, 0.15) is 24.0 Å². The van der Waals surface area contributed by atoms with Gasteiger partial charge in [-0.15, -0.1) is 0 Å². The summed E-state index contributed by atoms with van der Waals surface area (Å²) >= 11 is 6.53. The lowest BCUT2D eigenvalue weighted by molar-refractivity contribution is -0.122. The fourth-order valence-electron chi connectivity index (χ4n) is 3.55. The molecule has 1 N–H and O–H groups in total. The number of rotatable bonds is 7. The molecule has 2 aromatic heterocycles. The summed E-state index contributed by atoms with van der Waals surface area (Å²) in [5.74, 6) is 0.206. The van der Waals surface area contributed by atoms with Crippen molar-refractivity contribution in [2.24, 2.45) is 0 Å². The first-order valence-corrected chi connectivity index (χ1v) is 11.3. The Morgan fingerprint density at radius 1 is 1.42 bits per heavy atom. The van der Waals surface area contributed by atoms with E-state index >= 15 is 0 Å². The van der Waals surface area contributed by atoms with Crippen LogP contribution in [0.4, 0.5) is 5.82 Å². The molecule has 0 unspecified atom stereocenters. The number of aryl methyl sites for hydroxylation is 1. The summed E-state index contributed by atoms with van der Waals surface area (Å²) in [5, 5.41) is 3.27. The van der Waals surface area contributed by atoms with E-state index in [2.05, 4.69) is 10.3 Å². The Morgan fingerprint density at radius 2 is 2.26 bits per heavy atom. The highest BCUT2D eigenvalue weighted by molar-refractivity contribution is 8.26. The fraction of sp³-hybridized carbons (Fsp3) is 0.429. The van der Waals surface area contributed by atoms with Gasteiger partial charge in [-0.05, 0) is 37.5 Å². The third kappa shape index (κ3) is 4.67. The molecule has 10 heteroatoms. The molecule has 4 heterocycles. The Morgan fingerprint density at radius 3 is 3.00 bits per heavy atom. The summed E-state index contributed by atoms with van der Waals surface area (Å²) in [5.41, 5.74) is 1.56. The maximum absolute atomic E-state index is 13.3. The van der Waals surface area contributed by atoms with Crippen LogP contribution in [0.15, 0.2) is 28.0 Å². The van der Waals surface area contributed by atoms with E-state index in [1.165, 1.54) is 21.1 Å². The Kier molecular flexibility index (Phi) is 6.71. The number of carbonyl (C=O) groups excluding carboxylic acids is 1. The number of hydrogen-bond donors (Lipinski definition) is 1. The topological polar surface area (TPSA) is 85.2 Å². The highest BCUT2D eigenvalue weighted by Crippen LogP contribution is 2.33. The summed E-state index contributed by atoms with van der Waals surface area (Å²) in [6, 6.07) is 3.72. The molecule has 2 aliphatic heterocycles. The molecule has 0 radical (unpaired) electrons. The van der Waals surface area contributed by atoms with Crippen LogP contribution in [0.25, 0.3) is 11.7 Å². The minimum absolute atomic E-state index is 0.0818. The summed E-state index contributed by atoms with van der Waals surface area (Å²) < 4.78 is 12.7. The Labute approximate surface area is 189 Å². The number of ether oxygens (including phenoxy) is 2. The van der Waals surface area contributed by atoms with Crippen molar-refractivity contribution in [1.82, 2.24) is 14.3 Å². The zero-order valence-electron chi connectivity index (χ0n) is 17.4. The molecule has 2 fully saturated rings. The lowest BCUT2D eigenvalue weighted by atomic mass is 10.2. The van der Waals surface area contributed by atoms with Crippen LogP contribution in [0.2, 0.25) is 0 Å². The molecule has 0 bridgehead atoms. The first-order valence-electron chi connectivity index (χ1n) is 10.1. The van der Waals surface area contributed by atoms with E-state index in [9.17, 15) is 9.59 Å². The molecule has 164 valence electrons. The largest absolute Gasteiger partial charge is 0.383 e. The van der Waals surface area contributed by atoms with E-state index in [0.717, 1.165) is 25.0 Å². The number of thiocarbonyl (C=S) groups is 1. The summed E-state index contributed by atoms with van der Waals surface area (Å²) in [7, 11) is 1.57. The van der Waals surface area contributed by atoms with Gasteiger partial charge in [0.05, 0.1) is 29.7 Å². The second kappa shape index (κ2) is 9.47. The minimum Gasteiger partial charge on any atom is -0.383 e. The van der Waals surface area contributed by atoms with Gasteiger partial charge in [0, 0.05) is 26.5 Å². The Balaban J connectivity index is 1.73. The third-order valence-electron chi connectivity index (χ3n) is 5.19. The van der Waals surface area contributed by atoms with Gasteiger partial charge in [-0.25, -0.2) is 4.98 Å². The number of fused-ring (bicyclic) bond motifs is 1. The number of nitrogens with zero attached hydrogens (tertiary/aromatic N) is 3. The van der Waals surface area contributed by atoms with E-state index in [1.54, 1.807) is 19.4 Å². The highest BCUT2D eigenvalue weighted by Gasteiger charge is 2.32. The van der Waals surface area contributed by atoms with E-state index in [-0.39, 0.29) is 17.6 Å². The maximum atomic E-state index is 13.3. The lowest BCUT2D eigenvalue weighted by Gasteiger charge is -2.15. The van der Waals surface area contributed by atoms with Gasteiger partial charge in [-0.3, -0.25) is 18.9 Å². The van der Waals surface area contributed by atoms with Crippen molar-refractivity contribution in [3.8, 4) is 0 Å². The van der Waals surface area contributed by atoms with Gasteiger partial charge in [0.25, 0.3) is 11.5 Å². The van der Waals surface area contributed by atoms with Crippen molar-refractivity contribution in [1.29, 1.82) is 0 Å². The number of carbonyl (C=O) groups is 1. The quantitative estimate of drug-likeness (QED) is 0.498. The summed E-state index contributed by atoms with van der Waals surface area (Å²) in [4.78, 5) is 32.7. The van der Waals surface area contributed by atoms with Crippen LogP contribution in [0, 0.1) is 6.92 Å². The van der Waals surface area contributed by atoms with Gasteiger partial charge < -0.3 is 14.8 Å². The van der Waals surface area contributed by atoms with Gasteiger partial charge in [0.1, 0.15) is 15.8 Å². The van der Waals surface area contributed by atoms with Crippen molar-refractivity contribution in [3.63, 3.8) is 0 Å². The van der Waals surface area contributed by atoms with Crippen molar-refractivity contribution in [2.75, 3.05) is 38.7 Å². The smallest absolute Gasteiger partial charge is 0.267 e. The van der Waals surface area contributed by atoms with Gasteiger partial charge in [0.2, 0.25) is 0 Å². The van der Waals surface area contributed by atoms with Crippen LogP contribution >= 0.6 is 24.0 Å². The molecule has 0 aromatic carbocycles. The lowest BCUT2D eigenvalue weighted by Crippen LogP contribution is -2.31. The molecule has 0 aliphatic carbocycles. The van der Waals surface area contributed by atoms with Gasteiger partial charge >= 0.3 is 0 Å². The average Bonchev–Trinajstić information content (AvgIpc) is 3.36. The number of aromatic nitrogens is 2. The van der Waals surface area contributed by atoms with Crippen LogP contribution in [0.5, 0.6) is 0 Å². The van der Waals surface area contributed by atoms with Crippen molar-refractivity contribution in [2.45, 2.75) is 25.9 Å². The zero-order valence-corrected chi connectivity index (χ0v) is 19.1. The maximum Gasteiger partial charge on any atom is 0.267 e. The number of pyridine rings is 1. The number of hydrogen-bond acceptors (Lipinski definition) is 8. The second-order valence-corrected chi connectivity index (χ2v) is 9.13. The van der Waals surface area contributed by atoms with Crippen molar-refractivity contribution < 1.29 is 14.3 Å². The molecule has 2 aliphatic rings. The summed E-state index contributed by atoms with van der Waals surface area (Å²) in [6.07, 6.45) is 5.41. The summed E-state index contributed by atoms with van der Waals surface area (Å²) in [6.45, 7) is 3.96. The van der Waals surface area contributed by atoms with Crippen molar-refractivity contribution >= 4 is 51.7 Å². The standard InChI is InChI=1S/C21H24N4O4S2/c1-13-5-6-17-23-18(22-11-14-4-3-8-29-14)15(19(26)25(17)12-13)10-16-20(27)24(7-9-28-2)21(30)31-16/h5-6,10,12,14,22H,3-4,7-9,11H2,1-2H3/b16-10-/t14-/m1/s1. The molecule has 8 nitrogen and oxygen atoms in total. The van der Waals surface area contributed by atoms with E-state index < -0.39 is 0 Å². The monoisotopic (exact) mass is 460 g/mol. The number of thioether (sulfide) groups is 1. The second-order valence-electron chi connectivity index (χ2n) is 7.46. The Hall–Kier alpha value is -2.27. The Bertz CT molecular complexity index is 1110. The number of anilines is 1. The van der Waals surface area contributed by atoms with Crippen molar-refractivity contribution in [3.05, 3.63) is 44.7 Å². The SMILES string of the molecule is COCCN1C(=O)/C(=C/c2c(NC[C@H]3CCCO3)nc3ccc(C)cn3c2=O)SC1=S. The van der Waals surface area contributed by atoms with E-state index in [4.69, 9.17) is 21.7 Å². The number of amides is 1. The van der Waals surface area contributed by atoms with Crippen LogP contribution in [-0.4, -0.2) is 64.0 Å². The first-order chi connectivity index (χ1) is 15.0. The predicted molar refractivity (Wildman–Crippen MR) is 125 cm³/mol. The van der Waals surface area contributed by atoms with E-state index in [0.29, 0.717) is 46.0 Å². The average molecular weight is 461 g/mol. The fourth-order valence-corrected chi connectivity index (χ4v) is 4.84. The number of nitrogens with one attached hydrogen (secondary N) is 1. The molecule has 1 amide bonds. The van der Waals surface area contributed by atoms with Crippen LogP contribution in [-0.2, 0) is 14.3 Å². The molecule has 1 atom stereocenters. The number of methoxy groups -OCH3 is 1. The molecule has 0 spiro atoms. The van der Waals surface area contributed by atoms with E-state index in [1.807, 2.05) is 19.1 Å². The predicted octanol–water partition coefficient (Wildman–Crippen LogP) is 2.44. The molecule has 2 aromatic rings. The molecule has 4 rings (SSSR count). The van der Waals surface area contributed by atoms with Crippen LogP contribution < -0.4 is 10.9 Å². The molecular weight excluding hydrogens is 436 g/mol. The van der Waals surface area contributed by atoms with Gasteiger partial charge in [-0.2, -0.15) is 0 Å². The third-order valence-corrected chi connectivity index (χ3v) is 6.57. The molecular formula is C21H24N4O4S2. The molecule has 2 saturated heterocycles. The van der Waals surface area contributed by atoms with Crippen LogP contribution in [0.3, 0.4) is 0 Å². The first kappa shape index (κ1) is 21.9.